The minimum Gasteiger partial charge on any atom is -0.305 e. The SMILES string of the molecule is [Ir].[c-]1c(-c2ccccn2)cc2c3c1CCc1cccc(c1-3)CC2.[c-]1ccccc1-c1ccc(-c2ccccc2)cn1. The number of benzene rings is 4. The number of pyridine rings is 2. The van der Waals surface area contributed by atoms with E-state index in [4.69, 9.17) is 0 Å². The van der Waals surface area contributed by atoms with E-state index in [1.165, 1.54) is 38.9 Å². The fourth-order valence-corrected chi connectivity index (χ4v) is 5.88. The molecule has 41 heavy (non-hydrogen) atoms. The van der Waals surface area contributed by atoms with Crippen molar-refractivity contribution in [1.82, 2.24) is 9.97 Å². The zero-order chi connectivity index (χ0) is 26.7. The predicted molar refractivity (Wildman–Crippen MR) is 163 cm³/mol. The summed E-state index contributed by atoms with van der Waals surface area (Å²) in [4.78, 5) is 9.00. The molecule has 0 spiro atoms. The second-order valence-electron chi connectivity index (χ2n) is 10.3. The normalized spacial score (nSPS) is 12.3. The molecule has 0 unspecified atom stereocenters. The van der Waals surface area contributed by atoms with Crippen molar-refractivity contribution in [2.75, 3.05) is 0 Å². The third-order valence-electron chi connectivity index (χ3n) is 7.82. The minimum absolute atomic E-state index is 0. The molecule has 4 aromatic carbocycles. The molecule has 0 atom stereocenters. The van der Waals surface area contributed by atoms with Crippen molar-refractivity contribution >= 4 is 0 Å². The van der Waals surface area contributed by atoms with Gasteiger partial charge in [-0.2, -0.15) is 0 Å². The van der Waals surface area contributed by atoms with Crippen molar-refractivity contribution in [1.29, 1.82) is 0 Å². The molecule has 2 aromatic heterocycles. The third kappa shape index (κ3) is 5.57. The first-order valence-corrected chi connectivity index (χ1v) is 13.9. The summed E-state index contributed by atoms with van der Waals surface area (Å²) < 4.78 is 0. The van der Waals surface area contributed by atoms with Gasteiger partial charge in [-0.25, -0.2) is 0 Å². The van der Waals surface area contributed by atoms with Crippen LogP contribution in [0.15, 0.2) is 122 Å². The quantitative estimate of drug-likeness (QED) is 0.173. The average molecular weight is 705 g/mol. The van der Waals surface area contributed by atoms with Crippen LogP contribution in [-0.2, 0) is 45.8 Å². The van der Waals surface area contributed by atoms with Crippen molar-refractivity contribution < 1.29 is 20.1 Å². The Labute approximate surface area is 255 Å². The standard InChI is InChI=1S/C21H16N.C17H12N.Ir/c1-2-11-22-19(6-1)18-12-16-9-7-14-4-3-5-15-8-10-17(13-18)21(16)20(14)15;1-3-7-14(8-4-1)16-11-12-17(18-13-16)15-9-5-2-6-10-15;/h1-6,11-12H,7-10H2;1-9,11-13H;/q2*-1;. The Morgan fingerprint density at radius 2 is 1.29 bits per heavy atom. The number of hydrogen-bond acceptors (Lipinski definition) is 2. The third-order valence-corrected chi connectivity index (χ3v) is 7.82. The number of aryl methyl sites for hydroxylation is 4. The average Bonchev–Trinajstić information content (AvgIpc) is 3.05. The van der Waals surface area contributed by atoms with Gasteiger partial charge in [0.25, 0.3) is 0 Å². The van der Waals surface area contributed by atoms with E-state index < -0.39 is 0 Å². The molecule has 0 saturated carbocycles. The Balaban J connectivity index is 0.000000147. The van der Waals surface area contributed by atoms with E-state index >= 15 is 0 Å². The molecule has 3 heteroatoms. The van der Waals surface area contributed by atoms with Crippen LogP contribution in [0.3, 0.4) is 0 Å². The maximum Gasteiger partial charge on any atom is 0.0239 e. The Bertz CT molecular complexity index is 1660. The maximum absolute atomic E-state index is 4.50. The summed E-state index contributed by atoms with van der Waals surface area (Å²) in [7, 11) is 0. The van der Waals surface area contributed by atoms with Gasteiger partial charge in [0, 0.05) is 32.5 Å². The van der Waals surface area contributed by atoms with Crippen LogP contribution in [-0.4, -0.2) is 9.97 Å². The van der Waals surface area contributed by atoms with Gasteiger partial charge in [0.1, 0.15) is 0 Å². The summed E-state index contributed by atoms with van der Waals surface area (Å²) in [6.45, 7) is 0. The first-order valence-electron chi connectivity index (χ1n) is 13.9. The van der Waals surface area contributed by atoms with Crippen LogP contribution in [0.4, 0.5) is 0 Å². The first-order chi connectivity index (χ1) is 19.8. The van der Waals surface area contributed by atoms with E-state index in [0.29, 0.717) is 0 Å². The fraction of sp³-hybridized carbons (Fsp3) is 0.105. The maximum atomic E-state index is 4.50. The Kier molecular flexibility index (Phi) is 8.00. The number of nitrogens with zero attached hydrogens (tertiary/aromatic N) is 2. The second kappa shape index (κ2) is 12.1. The molecule has 0 fully saturated rings. The van der Waals surface area contributed by atoms with Crippen molar-refractivity contribution in [3.63, 3.8) is 0 Å². The second-order valence-corrected chi connectivity index (χ2v) is 10.3. The van der Waals surface area contributed by atoms with Crippen molar-refractivity contribution in [3.05, 3.63) is 156 Å². The molecule has 2 aliphatic rings. The van der Waals surface area contributed by atoms with E-state index in [1.807, 2.05) is 67.0 Å². The molecular weight excluding hydrogens is 677 g/mol. The molecule has 2 heterocycles. The van der Waals surface area contributed by atoms with Crippen molar-refractivity contribution in [2.24, 2.45) is 0 Å². The number of aromatic nitrogens is 2. The van der Waals surface area contributed by atoms with E-state index in [0.717, 1.165) is 53.8 Å². The summed E-state index contributed by atoms with van der Waals surface area (Å²) >= 11 is 0. The van der Waals surface area contributed by atoms with E-state index in [2.05, 4.69) is 76.7 Å². The van der Waals surface area contributed by atoms with Gasteiger partial charge in [0.15, 0.2) is 0 Å². The molecule has 2 aliphatic carbocycles. The van der Waals surface area contributed by atoms with Gasteiger partial charge in [0.05, 0.1) is 0 Å². The van der Waals surface area contributed by atoms with Gasteiger partial charge < -0.3 is 9.97 Å². The Morgan fingerprint density at radius 1 is 0.537 bits per heavy atom. The zero-order valence-electron chi connectivity index (χ0n) is 22.6. The van der Waals surface area contributed by atoms with Gasteiger partial charge in [-0.05, 0) is 65.4 Å². The molecule has 8 rings (SSSR count). The molecule has 0 N–H and O–H groups in total. The van der Waals surface area contributed by atoms with Crippen LogP contribution < -0.4 is 0 Å². The van der Waals surface area contributed by atoms with E-state index in [-0.39, 0.29) is 20.1 Å². The first kappa shape index (κ1) is 27.0. The molecule has 0 aliphatic heterocycles. The van der Waals surface area contributed by atoms with Gasteiger partial charge in [-0.15, -0.1) is 64.7 Å². The molecule has 1 radical (unpaired) electrons. The topological polar surface area (TPSA) is 25.8 Å². The van der Waals surface area contributed by atoms with E-state index in [9.17, 15) is 0 Å². The van der Waals surface area contributed by atoms with Crippen LogP contribution in [0.2, 0.25) is 0 Å². The monoisotopic (exact) mass is 705 g/mol. The van der Waals surface area contributed by atoms with Gasteiger partial charge in [0.2, 0.25) is 0 Å². The van der Waals surface area contributed by atoms with E-state index in [1.54, 1.807) is 0 Å². The molecule has 201 valence electrons. The Hall–Kier alpha value is -4.17. The fourth-order valence-electron chi connectivity index (χ4n) is 5.88. The van der Waals surface area contributed by atoms with Crippen LogP contribution in [0, 0.1) is 12.1 Å². The number of rotatable bonds is 3. The van der Waals surface area contributed by atoms with Crippen LogP contribution in [0.5, 0.6) is 0 Å². The molecule has 0 amide bonds. The van der Waals surface area contributed by atoms with Crippen LogP contribution in [0.1, 0.15) is 22.3 Å². The van der Waals surface area contributed by atoms with Gasteiger partial charge >= 0.3 is 0 Å². The van der Waals surface area contributed by atoms with Crippen LogP contribution >= 0.6 is 0 Å². The zero-order valence-corrected chi connectivity index (χ0v) is 25.0. The summed E-state index contributed by atoms with van der Waals surface area (Å²) in [5, 5.41) is 0. The summed E-state index contributed by atoms with van der Waals surface area (Å²) in [6.07, 6.45) is 8.29. The molecule has 0 bridgehead atoms. The van der Waals surface area contributed by atoms with Gasteiger partial charge in [-0.3, -0.25) is 0 Å². The number of hydrogen-bond donors (Lipinski definition) is 0. The summed E-state index contributed by atoms with van der Waals surface area (Å²) in [5.41, 5.74) is 15.4. The summed E-state index contributed by atoms with van der Waals surface area (Å²) in [5.74, 6) is 0. The largest absolute Gasteiger partial charge is 0.305 e. The van der Waals surface area contributed by atoms with Crippen LogP contribution in [0.25, 0.3) is 44.8 Å². The minimum atomic E-state index is 0. The molecule has 6 aromatic rings. The smallest absolute Gasteiger partial charge is 0.0239 e. The molecule has 2 nitrogen and oxygen atoms in total. The van der Waals surface area contributed by atoms with Crippen molar-refractivity contribution in [3.8, 4) is 44.8 Å². The Morgan fingerprint density at radius 3 is 2.02 bits per heavy atom. The van der Waals surface area contributed by atoms with Gasteiger partial charge in [-0.1, -0.05) is 83.9 Å². The predicted octanol–water partition coefficient (Wildman–Crippen LogP) is 8.63. The van der Waals surface area contributed by atoms with Crippen molar-refractivity contribution in [2.45, 2.75) is 25.7 Å². The summed E-state index contributed by atoms with van der Waals surface area (Å²) in [6, 6.07) is 44.3. The molecule has 0 saturated heterocycles. The molecular formula is C38H28IrN2-2.